The van der Waals surface area contributed by atoms with Crippen LogP contribution in [0, 0.1) is 5.82 Å². The number of likely N-dealkylation sites (N-methyl/N-ethyl adjacent to an activating group) is 1. The molecule has 1 aromatic rings. The SMILES string of the molecule is CCN(CC)CCN1C(N)=NCC1(C)c1cccc(F)c1. The summed E-state index contributed by atoms with van der Waals surface area (Å²) in [5.74, 6) is 0.330. The third-order valence-electron chi connectivity index (χ3n) is 4.40. The zero-order chi connectivity index (χ0) is 15.5. The fourth-order valence-electron chi connectivity index (χ4n) is 2.87. The molecule has 0 amide bonds. The van der Waals surface area contributed by atoms with Crippen LogP contribution < -0.4 is 5.73 Å². The lowest BCUT2D eigenvalue weighted by molar-refractivity contribution is 0.188. The average molecular weight is 292 g/mol. The first-order chi connectivity index (χ1) is 10.0. The zero-order valence-corrected chi connectivity index (χ0v) is 13.1. The van der Waals surface area contributed by atoms with Crippen LogP contribution in [-0.4, -0.2) is 48.5 Å². The number of benzene rings is 1. The van der Waals surface area contributed by atoms with Crippen molar-refractivity contribution in [3.63, 3.8) is 0 Å². The summed E-state index contributed by atoms with van der Waals surface area (Å²) < 4.78 is 13.5. The molecule has 1 atom stereocenters. The Balaban J connectivity index is 2.18. The van der Waals surface area contributed by atoms with Gasteiger partial charge in [-0.1, -0.05) is 26.0 Å². The van der Waals surface area contributed by atoms with Crippen LogP contribution in [0.4, 0.5) is 4.39 Å². The average Bonchev–Trinajstić information content (AvgIpc) is 2.77. The summed E-state index contributed by atoms with van der Waals surface area (Å²) in [4.78, 5) is 8.83. The molecule has 21 heavy (non-hydrogen) atoms. The zero-order valence-electron chi connectivity index (χ0n) is 13.1. The van der Waals surface area contributed by atoms with Gasteiger partial charge in [0.15, 0.2) is 5.96 Å². The van der Waals surface area contributed by atoms with Gasteiger partial charge < -0.3 is 15.5 Å². The highest BCUT2D eigenvalue weighted by Crippen LogP contribution is 2.32. The fourth-order valence-corrected chi connectivity index (χ4v) is 2.87. The first-order valence-corrected chi connectivity index (χ1v) is 7.57. The number of guanidine groups is 1. The Morgan fingerprint density at radius 1 is 1.38 bits per heavy atom. The van der Waals surface area contributed by atoms with Crippen molar-refractivity contribution in [2.24, 2.45) is 10.7 Å². The molecule has 0 aliphatic carbocycles. The second-order valence-electron chi connectivity index (χ2n) is 5.64. The molecule has 116 valence electrons. The minimum absolute atomic E-state index is 0.220. The molecule has 0 saturated carbocycles. The summed E-state index contributed by atoms with van der Waals surface area (Å²) in [5, 5.41) is 0. The molecule has 1 heterocycles. The van der Waals surface area contributed by atoms with E-state index in [1.165, 1.54) is 6.07 Å². The van der Waals surface area contributed by atoms with Gasteiger partial charge in [-0.2, -0.15) is 0 Å². The molecule has 1 aliphatic rings. The van der Waals surface area contributed by atoms with Crippen LogP contribution in [0.1, 0.15) is 26.3 Å². The Labute approximate surface area is 126 Å². The highest BCUT2D eigenvalue weighted by atomic mass is 19.1. The van der Waals surface area contributed by atoms with Crippen molar-refractivity contribution in [3.8, 4) is 0 Å². The lowest BCUT2D eigenvalue weighted by Crippen LogP contribution is -2.50. The number of aliphatic imine (C=N–C) groups is 1. The minimum Gasteiger partial charge on any atom is -0.370 e. The van der Waals surface area contributed by atoms with Crippen molar-refractivity contribution in [1.82, 2.24) is 9.80 Å². The van der Waals surface area contributed by atoms with Crippen molar-refractivity contribution in [3.05, 3.63) is 35.6 Å². The van der Waals surface area contributed by atoms with Gasteiger partial charge in [-0.15, -0.1) is 0 Å². The van der Waals surface area contributed by atoms with Crippen molar-refractivity contribution in [1.29, 1.82) is 0 Å². The summed E-state index contributed by atoms with van der Waals surface area (Å²) in [6.07, 6.45) is 0. The third-order valence-corrected chi connectivity index (χ3v) is 4.40. The maximum atomic E-state index is 13.5. The summed E-state index contributed by atoms with van der Waals surface area (Å²) >= 11 is 0. The second kappa shape index (κ2) is 6.43. The number of rotatable bonds is 6. The Hall–Kier alpha value is -1.62. The summed E-state index contributed by atoms with van der Waals surface area (Å²) in [7, 11) is 0. The standard InChI is InChI=1S/C16H25FN4/c1-4-20(5-2)9-10-21-15(18)19-12-16(21,3)13-7-6-8-14(17)11-13/h6-8,11H,4-5,9-10,12H2,1-3H3,(H2,18,19). The first kappa shape index (κ1) is 15.8. The topological polar surface area (TPSA) is 44.9 Å². The van der Waals surface area contributed by atoms with E-state index in [1.807, 2.05) is 6.07 Å². The van der Waals surface area contributed by atoms with E-state index in [9.17, 15) is 4.39 Å². The smallest absolute Gasteiger partial charge is 0.192 e. The number of hydrogen-bond donors (Lipinski definition) is 1. The van der Waals surface area contributed by atoms with Crippen LogP contribution in [0.15, 0.2) is 29.3 Å². The summed E-state index contributed by atoms with van der Waals surface area (Å²) in [5.41, 5.74) is 6.62. The van der Waals surface area contributed by atoms with Crippen molar-refractivity contribution in [2.75, 3.05) is 32.7 Å². The molecule has 0 aromatic heterocycles. The van der Waals surface area contributed by atoms with E-state index in [4.69, 9.17) is 5.73 Å². The monoisotopic (exact) mass is 292 g/mol. The predicted octanol–water partition coefficient (Wildman–Crippen LogP) is 2.01. The number of nitrogens with two attached hydrogens (primary N) is 1. The van der Waals surface area contributed by atoms with Gasteiger partial charge in [-0.25, -0.2) is 4.39 Å². The molecule has 2 N–H and O–H groups in total. The van der Waals surface area contributed by atoms with Crippen molar-refractivity contribution in [2.45, 2.75) is 26.3 Å². The maximum Gasteiger partial charge on any atom is 0.192 e. The Morgan fingerprint density at radius 2 is 2.10 bits per heavy atom. The molecule has 0 spiro atoms. The van der Waals surface area contributed by atoms with Gasteiger partial charge in [0.2, 0.25) is 0 Å². The van der Waals surface area contributed by atoms with Crippen LogP contribution in [0.2, 0.25) is 0 Å². The van der Waals surface area contributed by atoms with Gasteiger partial charge in [0.25, 0.3) is 0 Å². The van der Waals surface area contributed by atoms with Gasteiger partial charge in [0.1, 0.15) is 5.82 Å². The minimum atomic E-state index is -0.362. The Morgan fingerprint density at radius 3 is 2.71 bits per heavy atom. The first-order valence-electron chi connectivity index (χ1n) is 7.57. The molecule has 5 heteroatoms. The van der Waals surface area contributed by atoms with E-state index in [-0.39, 0.29) is 11.4 Å². The number of halogens is 1. The van der Waals surface area contributed by atoms with E-state index in [0.717, 1.165) is 31.7 Å². The molecule has 0 radical (unpaired) electrons. The molecule has 1 unspecified atom stereocenters. The fraction of sp³-hybridized carbons (Fsp3) is 0.562. The van der Waals surface area contributed by atoms with Gasteiger partial charge >= 0.3 is 0 Å². The van der Waals surface area contributed by atoms with E-state index in [1.54, 1.807) is 12.1 Å². The molecular weight excluding hydrogens is 267 g/mol. The van der Waals surface area contributed by atoms with Crippen LogP contribution in [0.25, 0.3) is 0 Å². The molecule has 1 aromatic carbocycles. The number of nitrogens with zero attached hydrogens (tertiary/aromatic N) is 3. The molecular formula is C16H25FN4. The van der Waals surface area contributed by atoms with Crippen LogP contribution >= 0.6 is 0 Å². The van der Waals surface area contributed by atoms with E-state index in [2.05, 4.69) is 35.6 Å². The third kappa shape index (κ3) is 3.18. The Kier molecular flexibility index (Phi) is 4.83. The van der Waals surface area contributed by atoms with E-state index in [0.29, 0.717) is 12.5 Å². The molecule has 0 saturated heterocycles. The van der Waals surface area contributed by atoms with Gasteiger partial charge in [0.05, 0.1) is 12.1 Å². The van der Waals surface area contributed by atoms with Gasteiger partial charge in [-0.05, 0) is 37.7 Å². The van der Waals surface area contributed by atoms with Crippen LogP contribution in [0.3, 0.4) is 0 Å². The second-order valence-corrected chi connectivity index (χ2v) is 5.64. The van der Waals surface area contributed by atoms with Crippen LogP contribution in [-0.2, 0) is 5.54 Å². The normalized spacial score (nSPS) is 22.0. The lowest BCUT2D eigenvalue weighted by atomic mass is 9.91. The molecule has 4 nitrogen and oxygen atoms in total. The van der Waals surface area contributed by atoms with Crippen molar-refractivity contribution >= 4 is 5.96 Å². The Bertz CT molecular complexity index is 513. The van der Waals surface area contributed by atoms with E-state index < -0.39 is 0 Å². The van der Waals surface area contributed by atoms with Gasteiger partial charge in [-0.3, -0.25) is 4.99 Å². The quantitative estimate of drug-likeness (QED) is 0.872. The van der Waals surface area contributed by atoms with Crippen LogP contribution in [0.5, 0.6) is 0 Å². The molecule has 1 aliphatic heterocycles. The molecule has 0 fully saturated rings. The van der Waals surface area contributed by atoms with E-state index >= 15 is 0 Å². The predicted molar refractivity (Wildman–Crippen MR) is 84.7 cm³/mol. The summed E-state index contributed by atoms with van der Waals surface area (Å²) in [6.45, 7) is 10.7. The summed E-state index contributed by atoms with van der Waals surface area (Å²) in [6, 6.07) is 6.74. The molecule has 2 rings (SSSR count). The highest BCUT2D eigenvalue weighted by Gasteiger charge is 2.39. The lowest BCUT2D eigenvalue weighted by Gasteiger charge is -2.37. The molecule has 0 bridgehead atoms. The number of hydrogen-bond acceptors (Lipinski definition) is 4. The van der Waals surface area contributed by atoms with Gasteiger partial charge in [0, 0.05) is 13.1 Å². The highest BCUT2D eigenvalue weighted by molar-refractivity contribution is 5.81. The largest absolute Gasteiger partial charge is 0.370 e. The maximum absolute atomic E-state index is 13.5. The van der Waals surface area contributed by atoms with Crippen molar-refractivity contribution < 1.29 is 4.39 Å².